The number of nitrogens with one attached hydrogen (secondary N) is 2. The average molecular weight is 566 g/mol. The molecule has 2 aromatic heterocycles. The molecule has 0 amide bonds. The Hall–Kier alpha value is -2.63. The van der Waals surface area contributed by atoms with E-state index in [0.717, 1.165) is 54.1 Å². The van der Waals surface area contributed by atoms with Gasteiger partial charge in [0.2, 0.25) is 0 Å². The largest absolute Gasteiger partial charge is 0.375 e. The van der Waals surface area contributed by atoms with Crippen molar-refractivity contribution in [3.63, 3.8) is 0 Å². The number of aliphatic imine (C=N–C) groups is 1. The number of guanidine groups is 1. The summed E-state index contributed by atoms with van der Waals surface area (Å²) in [6.45, 7) is 8.94. The highest BCUT2D eigenvalue weighted by Gasteiger charge is 2.10. The lowest BCUT2D eigenvalue weighted by atomic mass is 10.2. The molecular weight excluding hydrogens is 529 g/mol. The fourth-order valence-electron chi connectivity index (χ4n) is 3.48. The third kappa shape index (κ3) is 7.18. The van der Waals surface area contributed by atoms with E-state index in [-0.39, 0.29) is 24.0 Å². The predicted octanol–water partition coefficient (Wildman–Crippen LogP) is 2.85. The molecule has 0 bridgehead atoms. The first-order chi connectivity index (χ1) is 15.4. The van der Waals surface area contributed by atoms with Gasteiger partial charge >= 0.3 is 0 Å². The first-order valence-electron chi connectivity index (χ1n) is 11.0. The van der Waals surface area contributed by atoms with E-state index < -0.39 is 0 Å². The van der Waals surface area contributed by atoms with Crippen molar-refractivity contribution in [2.45, 2.75) is 40.3 Å². The van der Waals surface area contributed by atoms with Crippen LogP contribution in [0, 0.1) is 20.8 Å². The Morgan fingerprint density at radius 3 is 2.39 bits per heavy atom. The fourth-order valence-corrected chi connectivity index (χ4v) is 3.48. The Bertz CT molecular complexity index is 1040. The maximum absolute atomic E-state index is 4.83. The Morgan fingerprint density at radius 1 is 1.06 bits per heavy atom. The standard InChI is InChI=1S/C23H35N9.HI/c1-17-21(18(2)32(6)29-17)15-25-23(26-16-22-28-27-19(3)31(22)5)24-13-10-14-30(4)20-11-8-7-9-12-20;/h7-9,11-12H,10,13-16H2,1-6H3,(H2,24,25,26);1H. The van der Waals surface area contributed by atoms with Crippen molar-refractivity contribution in [3.8, 4) is 0 Å². The van der Waals surface area contributed by atoms with Crippen LogP contribution in [0.15, 0.2) is 35.3 Å². The van der Waals surface area contributed by atoms with E-state index in [1.54, 1.807) is 0 Å². The second-order valence-electron chi connectivity index (χ2n) is 8.05. The Morgan fingerprint density at radius 2 is 1.79 bits per heavy atom. The molecule has 0 saturated heterocycles. The Labute approximate surface area is 213 Å². The van der Waals surface area contributed by atoms with Crippen LogP contribution in [0.3, 0.4) is 0 Å². The molecule has 0 aliphatic rings. The number of hydrogen-bond donors (Lipinski definition) is 2. The Kier molecular flexibility index (Phi) is 10.1. The smallest absolute Gasteiger partial charge is 0.191 e. The Balaban J connectivity index is 0.00000385. The molecule has 0 aliphatic heterocycles. The van der Waals surface area contributed by atoms with Gasteiger partial charge in [-0.1, -0.05) is 18.2 Å². The first kappa shape index (κ1) is 26.6. The van der Waals surface area contributed by atoms with E-state index in [9.17, 15) is 0 Å². The van der Waals surface area contributed by atoms with Gasteiger partial charge in [-0.05, 0) is 39.3 Å². The van der Waals surface area contributed by atoms with Crippen LogP contribution in [-0.4, -0.2) is 50.6 Å². The van der Waals surface area contributed by atoms with Crippen LogP contribution in [0.4, 0.5) is 5.69 Å². The molecule has 0 fully saturated rings. The normalized spacial score (nSPS) is 11.3. The number of hydrogen-bond acceptors (Lipinski definition) is 5. The molecule has 0 saturated carbocycles. The molecule has 0 spiro atoms. The van der Waals surface area contributed by atoms with Gasteiger partial charge in [0.15, 0.2) is 11.8 Å². The van der Waals surface area contributed by atoms with Crippen LogP contribution >= 0.6 is 24.0 Å². The highest BCUT2D eigenvalue weighted by Crippen LogP contribution is 2.13. The molecule has 0 atom stereocenters. The molecule has 2 N–H and O–H groups in total. The molecule has 0 aliphatic carbocycles. The van der Waals surface area contributed by atoms with Crippen molar-refractivity contribution in [2.24, 2.45) is 19.1 Å². The molecular formula is C23H36IN9. The summed E-state index contributed by atoms with van der Waals surface area (Å²) in [7, 11) is 6.05. The van der Waals surface area contributed by atoms with E-state index in [4.69, 9.17) is 4.99 Å². The van der Waals surface area contributed by atoms with E-state index in [2.05, 4.69) is 69.1 Å². The summed E-state index contributed by atoms with van der Waals surface area (Å²) in [5.41, 5.74) is 4.53. The SMILES string of the molecule is Cc1nn(C)c(C)c1CN=C(NCCCN(C)c1ccccc1)NCc1nnc(C)n1C.I. The minimum Gasteiger partial charge on any atom is -0.375 e. The molecule has 0 radical (unpaired) electrons. The number of benzene rings is 1. The van der Waals surface area contributed by atoms with Gasteiger partial charge in [-0.25, -0.2) is 4.99 Å². The van der Waals surface area contributed by atoms with Crippen LogP contribution < -0.4 is 15.5 Å². The van der Waals surface area contributed by atoms with Crippen LogP contribution in [0.25, 0.3) is 0 Å². The lowest BCUT2D eigenvalue weighted by Gasteiger charge is -2.19. The zero-order chi connectivity index (χ0) is 23.1. The molecule has 2 heterocycles. The zero-order valence-electron chi connectivity index (χ0n) is 20.5. The van der Waals surface area contributed by atoms with Gasteiger partial charge in [0, 0.05) is 51.2 Å². The monoisotopic (exact) mass is 565 g/mol. The fraction of sp³-hybridized carbons (Fsp3) is 0.478. The second-order valence-corrected chi connectivity index (χ2v) is 8.05. The van der Waals surface area contributed by atoms with Crippen LogP contribution in [0.2, 0.25) is 0 Å². The second kappa shape index (κ2) is 12.6. The summed E-state index contributed by atoms with van der Waals surface area (Å²) in [6.07, 6.45) is 0.986. The van der Waals surface area contributed by atoms with E-state index in [0.29, 0.717) is 13.1 Å². The summed E-state index contributed by atoms with van der Waals surface area (Å²) in [5.74, 6) is 2.52. The number of halogens is 1. The maximum Gasteiger partial charge on any atom is 0.191 e. The molecule has 180 valence electrons. The van der Waals surface area contributed by atoms with Gasteiger partial charge in [-0.2, -0.15) is 5.10 Å². The number of rotatable bonds is 9. The highest BCUT2D eigenvalue weighted by molar-refractivity contribution is 14.0. The van der Waals surface area contributed by atoms with Gasteiger partial charge in [0.1, 0.15) is 5.82 Å². The van der Waals surface area contributed by atoms with Crippen LogP contribution in [0.5, 0.6) is 0 Å². The third-order valence-corrected chi connectivity index (χ3v) is 5.81. The maximum atomic E-state index is 4.83. The van der Waals surface area contributed by atoms with Crippen molar-refractivity contribution in [3.05, 3.63) is 58.9 Å². The molecule has 1 aromatic carbocycles. The lowest BCUT2D eigenvalue weighted by Crippen LogP contribution is -2.39. The number of para-hydroxylation sites is 1. The predicted molar refractivity (Wildman–Crippen MR) is 144 cm³/mol. The number of aromatic nitrogens is 5. The summed E-state index contributed by atoms with van der Waals surface area (Å²) in [6, 6.07) is 10.4. The molecule has 33 heavy (non-hydrogen) atoms. The number of anilines is 1. The topological polar surface area (TPSA) is 88.2 Å². The lowest BCUT2D eigenvalue weighted by molar-refractivity contribution is 0.696. The van der Waals surface area contributed by atoms with E-state index in [1.165, 1.54) is 5.69 Å². The van der Waals surface area contributed by atoms with Crippen LogP contribution in [-0.2, 0) is 27.2 Å². The van der Waals surface area contributed by atoms with Crippen LogP contribution in [0.1, 0.15) is 35.0 Å². The highest BCUT2D eigenvalue weighted by atomic mass is 127. The van der Waals surface area contributed by atoms with E-state index >= 15 is 0 Å². The quantitative estimate of drug-likeness (QED) is 0.180. The average Bonchev–Trinajstić information content (AvgIpc) is 3.24. The number of aryl methyl sites for hydroxylation is 3. The summed E-state index contributed by atoms with van der Waals surface area (Å²) in [5, 5.41) is 19.7. The van der Waals surface area contributed by atoms with Crippen molar-refractivity contribution in [1.29, 1.82) is 0 Å². The van der Waals surface area contributed by atoms with Gasteiger partial charge in [0.25, 0.3) is 0 Å². The van der Waals surface area contributed by atoms with Gasteiger partial charge in [0.05, 0.1) is 18.8 Å². The minimum atomic E-state index is 0. The van der Waals surface area contributed by atoms with Crippen molar-refractivity contribution < 1.29 is 0 Å². The first-order valence-corrected chi connectivity index (χ1v) is 11.0. The summed E-state index contributed by atoms with van der Waals surface area (Å²) < 4.78 is 3.89. The van der Waals surface area contributed by atoms with Gasteiger partial charge in [-0.15, -0.1) is 34.2 Å². The third-order valence-electron chi connectivity index (χ3n) is 5.81. The molecule has 3 rings (SSSR count). The molecule has 0 unspecified atom stereocenters. The minimum absolute atomic E-state index is 0. The number of nitrogens with zero attached hydrogens (tertiary/aromatic N) is 7. The zero-order valence-corrected chi connectivity index (χ0v) is 22.8. The summed E-state index contributed by atoms with van der Waals surface area (Å²) in [4.78, 5) is 7.09. The summed E-state index contributed by atoms with van der Waals surface area (Å²) >= 11 is 0. The van der Waals surface area contributed by atoms with Crippen molar-refractivity contribution in [2.75, 3.05) is 25.0 Å². The van der Waals surface area contributed by atoms with E-state index in [1.807, 2.05) is 43.3 Å². The molecule has 9 nitrogen and oxygen atoms in total. The van der Waals surface area contributed by atoms with Gasteiger partial charge < -0.3 is 20.1 Å². The molecule has 10 heteroatoms. The van der Waals surface area contributed by atoms with Crippen molar-refractivity contribution in [1.82, 2.24) is 35.2 Å². The van der Waals surface area contributed by atoms with Gasteiger partial charge in [-0.3, -0.25) is 4.68 Å². The van der Waals surface area contributed by atoms with Crippen molar-refractivity contribution >= 4 is 35.6 Å². The molecule has 3 aromatic rings.